The molecule has 160 valence electrons. The molecule has 31 heavy (non-hydrogen) atoms. The van der Waals surface area contributed by atoms with Crippen molar-refractivity contribution in [1.82, 2.24) is 4.90 Å². The Morgan fingerprint density at radius 3 is 2.26 bits per heavy atom. The lowest BCUT2D eigenvalue weighted by atomic mass is 10.1. The molecule has 0 heterocycles. The summed E-state index contributed by atoms with van der Waals surface area (Å²) in [4.78, 5) is 26.0. The van der Waals surface area contributed by atoms with Crippen molar-refractivity contribution >= 4 is 27.3 Å². The Morgan fingerprint density at radius 1 is 0.871 bits per heavy atom. The van der Waals surface area contributed by atoms with Crippen molar-refractivity contribution in [3.05, 3.63) is 95.6 Å². The van der Waals surface area contributed by atoms with Crippen molar-refractivity contribution in [3.8, 4) is 0 Å². The predicted molar refractivity (Wildman–Crippen MR) is 120 cm³/mol. The summed E-state index contributed by atoms with van der Waals surface area (Å²) in [5, 5.41) is 2.83. The second-order valence-corrected chi connectivity index (χ2v) is 9.29. The van der Waals surface area contributed by atoms with Crippen molar-refractivity contribution in [2.45, 2.75) is 24.1 Å². The molecule has 0 fully saturated rings. The van der Waals surface area contributed by atoms with Crippen LogP contribution in [0.15, 0.2) is 83.8 Å². The van der Waals surface area contributed by atoms with E-state index in [1.165, 1.54) is 6.92 Å². The van der Waals surface area contributed by atoms with Crippen molar-refractivity contribution < 1.29 is 18.0 Å². The minimum absolute atomic E-state index is 0.0447. The number of carbonyl (C=O) groups is 2. The van der Waals surface area contributed by atoms with Crippen LogP contribution in [-0.2, 0) is 26.9 Å². The van der Waals surface area contributed by atoms with E-state index in [9.17, 15) is 18.0 Å². The monoisotopic (exact) mass is 436 g/mol. The maximum absolute atomic E-state index is 12.7. The van der Waals surface area contributed by atoms with Crippen LogP contribution in [0.25, 0.3) is 0 Å². The Morgan fingerprint density at radius 2 is 1.55 bits per heavy atom. The fourth-order valence-corrected chi connectivity index (χ4v) is 4.43. The van der Waals surface area contributed by atoms with E-state index in [4.69, 9.17) is 0 Å². The van der Waals surface area contributed by atoms with Gasteiger partial charge in [-0.05, 0) is 47.5 Å². The molecule has 7 heteroatoms. The van der Waals surface area contributed by atoms with Gasteiger partial charge in [-0.2, -0.15) is 0 Å². The van der Waals surface area contributed by atoms with Crippen molar-refractivity contribution in [1.29, 1.82) is 0 Å². The highest BCUT2D eigenvalue weighted by atomic mass is 32.2. The van der Waals surface area contributed by atoms with Gasteiger partial charge in [0.25, 0.3) is 5.91 Å². The molecule has 0 aliphatic heterocycles. The van der Waals surface area contributed by atoms with Gasteiger partial charge in [0.15, 0.2) is 9.84 Å². The molecule has 0 saturated heterocycles. The number of carbonyl (C=O) groups excluding carboxylic acids is 2. The van der Waals surface area contributed by atoms with Crippen LogP contribution in [0.2, 0.25) is 0 Å². The van der Waals surface area contributed by atoms with Gasteiger partial charge in [0.2, 0.25) is 5.91 Å². The first-order chi connectivity index (χ1) is 14.7. The van der Waals surface area contributed by atoms with Crippen LogP contribution in [0.1, 0.15) is 28.4 Å². The Bertz CT molecular complexity index is 1190. The van der Waals surface area contributed by atoms with E-state index in [1.807, 2.05) is 12.1 Å². The van der Waals surface area contributed by atoms with Gasteiger partial charge in [0, 0.05) is 31.8 Å². The first kappa shape index (κ1) is 22.2. The summed E-state index contributed by atoms with van der Waals surface area (Å²) in [6, 6.07) is 22.1. The van der Waals surface area contributed by atoms with E-state index in [2.05, 4.69) is 5.32 Å². The summed E-state index contributed by atoms with van der Waals surface area (Å²) >= 11 is 0. The Balaban J connectivity index is 1.73. The Kier molecular flexibility index (Phi) is 6.87. The zero-order chi connectivity index (χ0) is 22.4. The number of hydrogen-bond acceptors (Lipinski definition) is 4. The fraction of sp³-hybridized carbons (Fsp3) is 0.167. The van der Waals surface area contributed by atoms with Crippen molar-refractivity contribution in [2.24, 2.45) is 0 Å². The highest BCUT2D eigenvalue weighted by Crippen LogP contribution is 2.18. The van der Waals surface area contributed by atoms with Gasteiger partial charge >= 0.3 is 0 Å². The molecule has 3 aromatic rings. The van der Waals surface area contributed by atoms with E-state index >= 15 is 0 Å². The van der Waals surface area contributed by atoms with Crippen LogP contribution < -0.4 is 5.32 Å². The lowest BCUT2D eigenvalue weighted by Gasteiger charge is -2.15. The Hall–Kier alpha value is -3.45. The molecule has 0 aliphatic carbocycles. The zero-order valence-corrected chi connectivity index (χ0v) is 18.2. The molecular weight excluding hydrogens is 412 g/mol. The number of hydrogen-bond donors (Lipinski definition) is 1. The first-order valence-electron chi connectivity index (χ1n) is 9.73. The van der Waals surface area contributed by atoms with E-state index in [0.29, 0.717) is 23.4 Å². The van der Waals surface area contributed by atoms with Gasteiger partial charge in [-0.1, -0.05) is 42.5 Å². The third kappa shape index (κ3) is 6.02. The van der Waals surface area contributed by atoms with Crippen LogP contribution in [0.5, 0.6) is 0 Å². The van der Waals surface area contributed by atoms with Crippen molar-refractivity contribution in [2.75, 3.05) is 12.4 Å². The maximum Gasteiger partial charge on any atom is 0.255 e. The van der Waals surface area contributed by atoms with Gasteiger partial charge in [-0.25, -0.2) is 8.42 Å². The van der Waals surface area contributed by atoms with Crippen LogP contribution in [0.3, 0.4) is 0 Å². The topological polar surface area (TPSA) is 83.6 Å². The minimum atomic E-state index is -3.50. The molecule has 3 aromatic carbocycles. The summed E-state index contributed by atoms with van der Waals surface area (Å²) < 4.78 is 25.2. The van der Waals surface area contributed by atoms with Crippen LogP contribution in [-0.4, -0.2) is 32.2 Å². The number of sulfone groups is 1. The molecule has 0 aromatic heterocycles. The molecule has 0 bridgehead atoms. The molecule has 0 saturated carbocycles. The number of amides is 2. The first-order valence-corrected chi connectivity index (χ1v) is 11.4. The Labute approximate surface area is 182 Å². The molecular formula is C24H24N2O4S. The summed E-state index contributed by atoms with van der Waals surface area (Å²) in [5.74, 6) is -0.571. The van der Waals surface area contributed by atoms with E-state index in [0.717, 1.165) is 5.56 Å². The average Bonchev–Trinajstić information content (AvgIpc) is 2.74. The third-order valence-electron chi connectivity index (χ3n) is 4.79. The predicted octanol–water partition coefficient (Wildman–Crippen LogP) is 3.89. The number of nitrogens with one attached hydrogen (secondary N) is 1. The van der Waals surface area contributed by atoms with Gasteiger partial charge in [-0.15, -0.1) is 0 Å². The van der Waals surface area contributed by atoms with Gasteiger partial charge < -0.3 is 10.2 Å². The normalized spacial score (nSPS) is 11.0. The fourth-order valence-electron chi connectivity index (χ4n) is 3.07. The smallest absolute Gasteiger partial charge is 0.255 e. The molecule has 0 radical (unpaired) electrons. The third-order valence-corrected chi connectivity index (χ3v) is 6.49. The zero-order valence-electron chi connectivity index (χ0n) is 17.4. The second kappa shape index (κ2) is 9.57. The van der Waals surface area contributed by atoms with E-state index < -0.39 is 9.84 Å². The lowest BCUT2D eigenvalue weighted by Crippen LogP contribution is -2.23. The number of rotatable bonds is 7. The van der Waals surface area contributed by atoms with E-state index in [-0.39, 0.29) is 22.5 Å². The number of anilines is 1. The SMILES string of the molecule is CC(=O)N(C)Cc1cccc(NC(=O)c2cccc(CS(=O)(=O)c3ccccc3)c2)c1. The van der Waals surface area contributed by atoms with Crippen LogP contribution in [0.4, 0.5) is 5.69 Å². The highest BCUT2D eigenvalue weighted by molar-refractivity contribution is 7.90. The van der Waals surface area contributed by atoms with Crippen LogP contribution in [0, 0.1) is 0 Å². The summed E-state index contributed by atoms with van der Waals surface area (Å²) in [7, 11) is -1.79. The summed E-state index contributed by atoms with van der Waals surface area (Å²) in [6.07, 6.45) is 0. The quantitative estimate of drug-likeness (QED) is 0.609. The molecule has 0 atom stereocenters. The molecule has 0 aliphatic rings. The molecule has 0 spiro atoms. The molecule has 3 rings (SSSR count). The van der Waals surface area contributed by atoms with Crippen LogP contribution >= 0.6 is 0 Å². The maximum atomic E-state index is 12.7. The minimum Gasteiger partial charge on any atom is -0.342 e. The molecule has 1 N–H and O–H groups in total. The lowest BCUT2D eigenvalue weighted by molar-refractivity contribution is -0.128. The summed E-state index contributed by atoms with van der Waals surface area (Å²) in [6.45, 7) is 1.93. The molecule has 2 amide bonds. The summed E-state index contributed by atoms with van der Waals surface area (Å²) in [5.41, 5.74) is 2.39. The van der Waals surface area contributed by atoms with Crippen molar-refractivity contribution in [3.63, 3.8) is 0 Å². The van der Waals surface area contributed by atoms with Gasteiger partial charge in [-0.3, -0.25) is 9.59 Å². The van der Waals surface area contributed by atoms with Gasteiger partial charge in [0.1, 0.15) is 0 Å². The largest absolute Gasteiger partial charge is 0.342 e. The van der Waals surface area contributed by atoms with E-state index in [1.54, 1.807) is 78.7 Å². The standard InChI is InChI=1S/C24H24N2O4S/c1-18(27)26(2)16-19-8-7-11-22(15-19)25-24(28)21-10-6-9-20(14-21)17-31(29,30)23-12-4-3-5-13-23/h3-15H,16-17H2,1-2H3,(H,25,28). The second-order valence-electron chi connectivity index (χ2n) is 7.30. The number of benzene rings is 3. The molecule has 6 nitrogen and oxygen atoms in total. The molecule has 0 unspecified atom stereocenters. The highest BCUT2D eigenvalue weighted by Gasteiger charge is 2.16. The average molecular weight is 437 g/mol. The van der Waals surface area contributed by atoms with Gasteiger partial charge in [0.05, 0.1) is 10.6 Å². The number of nitrogens with zero attached hydrogens (tertiary/aromatic N) is 1.